The van der Waals surface area contributed by atoms with Crippen molar-refractivity contribution in [3.63, 3.8) is 0 Å². The molecule has 0 heterocycles. The molecule has 0 aliphatic carbocycles. The molecule has 0 aliphatic rings. The lowest BCUT2D eigenvalue weighted by atomic mass is 10.5. The quantitative estimate of drug-likeness (QED) is 0.352. The highest BCUT2D eigenvalue weighted by molar-refractivity contribution is 6.83. The molecular formula is C13H30O5Si2. The molecule has 120 valence electrons. The Bertz CT molecular complexity index is 292. The Morgan fingerprint density at radius 2 is 1.70 bits per heavy atom. The number of methoxy groups -OCH3 is 1. The minimum Gasteiger partial charge on any atom is -0.466 e. The van der Waals surface area contributed by atoms with Gasteiger partial charge in [-0.3, -0.25) is 4.79 Å². The van der Waals surface area contributed by atoms with Crippen molar-refractivity contribution in [3.05, 3.63) is 0 Å². The summed E-state index contributed by atoms with van der Waals surface area (Å²) in [5.74, 6) is -0.188. The molecule has 0 amide bonds. The number of rotatable bonds is 10. The summed E-state index contributed by atoms with van der Waals surface area (Å²) in [6.07, 6.45) is 0.865. The van der Waals surface area contributed by atoms with Gasteiger partial charge in [-0.05, 0) is 40.0 Å². The number of hydrogen-bond donors (Lipinski definition) is 0. The zero-order valence-corrected chi connectivity index (χ0v) is 15.9. The van der Waals surface area contributed by atoms with Gasteiger partial charge in [0.05, 0.1) is 12.7 Å². The van der Waals surface area contributed by atoms with Gasteiger partial charge in [-0.1, -0.05) is 0 Å². The Morgan fingerprint density at radius 3 is 2.20 bits per heavy atom. The zero-order chi connectivity index (χ0) is 15.8. The SMILES string of the molecule is COCCCOC(=O)C[Si](C)(C)O[Si](C)(C)OC(C)C. The van der Waals surface area contributed by atoms with Crippen LogP contribution < -0.4 is 0 Å². The van der Waals surface area contributed by atoms with Crippen LogP contribution in [-0.4, -0.2) is 49.3 Å². The van der Waals surface area contributed by atoms with E-state index >= 15 is 0 Å². The maximum Gasteiger partial charge on any atom is 0.321 e. The van der Waals surface area contributed by atoms with Crippen molar-refractivity contribution in [1.82, 2.24) is 0 Å². The van der Waals surface area contributed by atoms with Crippen molar-refractivity contribution in [2.75, 3.05) is 20.3 Å². The molecule has 0 spiro atoms. The largest absolute Gasteiger partial charge is 0.466 e. The standard InChI is InChI=1S/C13H30O5Si2/c1-12(2)17-20(6,7)18-19(4,5)11-13(14)16-10-8-9-15-3/h12H,8-11H2,1-7H3. The molecule has 0 aromatic rings. The fraction of sp³-hybridized carbons (Fsp3) is 0.923. The molecule has 0 rings (SSSR count). The van der Waals surface area contributed by atoms with Crippen LogP contribution >= 0.6 is 0 Å². The second kappa shape index (κ2) is 8.94. The third-order valence-corrected chi connectivity index (χ3v) is 8.72. The Balaban J connectivity index is 4.19. The summed E-state index contributed by atoms with van der Waals surface area (Å²) in [5.41, 5.74) is 0. The van der Waals surface area contributed by atoms with Crippen LogP contribution in [0.5, 0.6) is 0 Å². The summed E-state index contributed by atoms with van der Waals surface area (Å²) >= 11 is 0. The summed E-state index contributed by atoms with van der Waals surface area (Å²) in [6.45, 7) is 13.1. The van der Waals surface area contributed by atoms with E-state index in [1.165, 1.54) is 0 Å². The van der Waals surface area contributed by atoms with Crippen LogP contribution in [0.1, 0.15) is 20.3 Å². The van der Waals surface area contributed by atoms with Crippen LogP contribution in [0.25, 0.3) is 0 Å². The first-order chi connectivity index (χ1) is 9.08. The smallest absolute Gasteiger partial charge is 0.321 e. The van der Waals surface area contributed by atoms with Gasteiger partial charge in [-0.15, -0.1) is 0 Å². The Labute approximate surface area is 125 Å². The monoisotopic (exact) mass is 322 g/mol. The lowest BCUT2D eigenvalue weighted by Crippen LogP contribution is -2.48. The predicted octanol–water partition coefficient (Wildman–Crippen LogP) is 2.91. The molecule has 0 aliphatic heterocycles. The molecule has 5 nitrogen and oxygen atoms in total. The van der Waals surface area contributed by atoms with Crippen LogP contribution in [0.3, 0.4) is 0 Å². The summed E-state index contributed by atoms with van der Waals surface area (Å²) in [6, 6.07) is 0.359. The number of carbonyl (C=O) groups excluding carboxylic acids is 1. The second-order valence-electron chi connectivity index (χ2n) is 6.17. The first kappa shape index (κ1) is 19.8. The summed E-state index contributed by atoms with van der Waals surface area (Å²) in [7, 11) is -2.65. The van der Waals surface area contributed by atoms with Crippen molar-refractivity contribution in [2.45, 2.75) is 58.6 Å². The maximum absolute atomic E-state index is 11.8. The van der Waals surface area contributed by atoms with Crippen molar-refractivity contribution in [3.8, 4) is 0 Å². The van der Waals surface area contributed by atoms with Gasteiger partial charge in [-0.25, -0.2) is 0 Å². The molecule has 0 aromatic carbocycles. The first-order valence-corrected chi connectivity index (χ1v) is 13.0. The molecule has 7 heteroatoms. The molecule has 0 N–H and O–H groups in total. The van der Waals surface area contributed by atoms with Gasteiger partial charge in [0, 0.05) is 26.2 Å². The normalized spacial score (nSPS) is 12.8. The average molecular weight is 323 g/mol. The summed E-state index contributed by atoms with van der Waals surface area (Å²) < 4.78 is 22.1. The molecule has 0 saturated heterocycles. The van der Waals surface area contributed by atoms with Crippen LogP contribution in [0, 0.1) is 0 Å². The highest BCUT2D eigenvalue weighted by Crippen LogP contribution is 2.21. The van der Waals surface area contributed by atoms with Gasteiger partial charge < -0.3 is 18.0 Å². The van der Waals surface area contributed by atoms with E-state index in [2.05, 4.69) is 0 Å². The molecular weight excluding hydrogens is 292 g/mol. The molecule has 0 unspecified atom stereocenters. The average Bonchev–Trinajstić information content (AvgIpc) is 2.19. The zero-order valence-electron chi connectivity index (χ0n) is 13.9. The number of esters is 1. The molecule has 20 heavy (non-hydrogen) atoms. The minimum absolute atomic E-state index is 0.141. The summed E-state index contributed by atoms with van der Waals surface area (Å²) in [4.78, 5) is 11.8. The van der Waals surface area contributed by atoms with Gasteiger partial charge in [0.1, 0.15) is 0 Å². The third-order valence-electron chi connectivity index (χ3n) is 2.37. The molecule has 0 bridgehead atoms. The van der Waals surface area contributed by atoms with Crippen molar-refractivity contribution in [1.29, 1.82) is 0 Å². The predicted molar refractivity (Wildman–Crippen MR) is 84.5 cm³/mol. The van der Waals surface area contributed by atoms with Crippen LogP contribution in [0.4, 0.5) is 0 Å². The van der Waals surface area contributed by atoms with E-state index in [1.54, 1.807) is 7.11 Å². The number of hydrogen-bond acceptors (Lipinski definition) is 5. The van der Waals surface area contributed by atoms with E-state index in [9.17, 15) is 4.79 Å². The number of ether oxygens (including phenoxy) is 2. The van der Waals surface area contributed by atoms with Crippen molar-refractivity contribution >= 4 is 22.8 Å². The van der Waals surface area contributed by atoms with Gasteiger partial charge in [-0.2, -0.15) is 0 Å². The number of carbonyl (C=O) groups is 1. The Hall–Kier alpha value is -0.216. The maximum atomic E-state index is 11.8. The Morgan fingerprint density at radius 1 is 1.10 bits per heavy atom. The molecule has 0 aromatic heterocycles. The lowest BCUT2D eigenvalue weighted by Gasteiger charge is -2.33. The topological polar surface area (TPSA) is 54.0 Å². The van der Waals surface area contributed by atoms with Crippen LogP contribution in [0.15, 0.2) is 0 Å². The van der Waals surface area contributed by atoms with Gasteiger partial charge in [0.15, 0.2) is 8.32 Å². The van der Waals surface area contributed by atoms with E-state index in [-0.39, 0.29) is 12.1 Å². The van der Waals surface area contributed by atoms with Gasteiger partial charge in [0.2, 0.25) is 0 Å². The highest BCUT2D eigenvalue weighted by atomic mass is 28.4. The molecule has 0 radical (unpaired) electrons. The molecule has 0 saturated carbocycles. The molecule has 0 fully saturated rings. The van der Waals surface area contributed by atoms with Crippen LogP contribution in [-0.2, 0) is 22.8 Å². The van der Waals surface area contributed by atoms with Crippen molar-refractivity contribution in [2.24, 2.45) is 0 Å². The van der Waals surface area contributed by atoms with E-state index in [4.69, 9.17) is 18.0 Å². The van der Waals surface area contributed by atoms with E-state index in [1.807, 2.05) is 40.0 Å². The van der Waals surface area contributed by atoms with Crippen LogP contribution in [0.2, 0.25) is 32.2 Å². The molecule has 0 atom stereocenters. The second-order valence-corrected chi connectivity index (χ2v) is 13.9. The van der Waals surface area contributed by atoms with Crippen molar-refractivity contribution < 1.29 is 22.8 Å². The van der Waals surface area contributed by atoms with E-state index < -0.39 is 16.9 Å². The Kier molecular flexibility index (Phi) is 8.84. The third kappa shape index (κ3) is 10.6. The van der Waals surface area contributed by atoms with Gasteiger partial charge in [0.25, 0.3) is 0 Å². The highest BCUT2D eigenvalue weighted by Gasteiger charge is 2.37. The minimum atomic E-state index is -2.18. The summed E-state index contributed by atoms with van der Waals surface area (Å²) in [5, 5.41) is 0. The van der Waals surface area contributed by atoms with Gasteiger partial charge >= 0.3 is 14.5 Å². The first-order valence-electron chi connectivity index (χ1n) is 7.10. The van der Waals surface area contributed by atoms with E-state index in [0.717, 1.165) is 6.42 Å². The lowest BCUT2D eigenvalue weighted by molar-refractivity contribution is -0.141. The fourth-order valence-electron chi connectivity index (χ4n) is 2.08. The fourth-order valence-corrected chi connectivity index (χ4v) is 9.82. The van der Waals surface area contributed by atoms with E-state index in [0.29, 0.717) is 19.3 Å².